The van der Waals surface area contributed by atoms with Crippen LogP contribution in [-0.4, -0.2) is 24.0 Å². The molecular weight excluding hydrogens is 270 g/mol. The van der Waals surface area contributed by atoms with E-state index in [-0.39, 0.29) is 12.1 Å². The molecule has 0 amide bonds. The number of methoxy groups -OCH3 is 2. The number of nitrogens with two attached hydrogens (primary N) is 1. The van der Waals surface area contributed by atoms with Crippen LogP contribution in [0.4, 0.5) is 0 Å². The van der Waals surface area contributed by atoms with Crippen molar-refractivity contribution in [1.29, 1.82) is 0 Å². The minimum Gasteiger partial charge on any atom is -0.493 e. The Morgan fingerprint density at radius 2 is 1.90 bits per heavy atom. The Morgan fingerprint density at radius 1 is 1.19 bits per heavy atom. The van der Waals surface area contributed by atoms with Crippen molar-refractivity contribution >= 4 is 0 Å². The van der Waals surface area contributed by atoms with Crippen LogP contribution in [0.15, 0.2) is 29.1 Å². The van der Waals surface area contributed by atoms with Crippen LogP contribution >= 0.6 is 0 Å². The lowest BCUT2D eigenvalue weighted by atomic mass is 10.1. The first kappa shape index (κ1) is 15.1. The molecule has 0 fully saturated rings. The van der Waals surface area contributed by atoms with Crippen LogP contribution in [0, 0.1) is 0 Å². The Labute approximate surface area is 123 Å². The van der Waals surface area contributed by atoms with Crippen molar-refractivity contribution in [3.63, 3.8) is 0 Å². The van der Waals surface area contributed by atoms with Crippen molar-refractivity contribution in [3.8, 4) is 22.8 Å². The lowest BCUT2D eigenvalue weighted by Gasteiger charge is -2.11. The Hall–Kier alpha value is -2.34. The van der Waals surface area contributed by atoms with Gasteiger partial charge >= 0.3 is 0 Å². The van der Waals surface area contributed by atoms with Gasteiger partial charge in [0, 0.05) is 24.2 Å². The molecule has 0 radical (unpaired) electrons. The molecule has 1 heterocycles. The maximum atomic E-state index is 12.0. The van der Waals surface area contributed by atoms with E-state index in [2.05, 4.69) is 5.10 Å². The fraction of sp³-hybridized carbons (Fsp3) is 0.333. The molecule has 21 heavy (non-hydrogen) atoms. The Morgan fingerprint density at radius 3 is 2.48 bits per heavy atom. The maximum absolute atomic E-state index is 12.0. The van der Waals surface area contributed by atoms with E-state index in [4.69, 9.17) is 15.2 Å². The van der Waals surface area contributed by atoms with Crippen LogP contribution in [-0.2, 0) is 13.1 Å². The Kier molecular flexibility index (Phi) is 4.59. The van der Waals surface area contributed by atoms with Gasteiger partial charge < -0.3 is 15.2 Å². The molecular formula is C15H19N3O3. The van der Waals surface area contributed by atoms with Gasteiger partial charge in [0.05, 0.1) is 19.9 Å². The fourth-order valence-corrected chi connectivity index (χ4v) is 2.09. The summed E-state index contributed by atoms with van der Waals surface area (Å²) in [5, 5.41) is 4.35. The van der Waals surface area contributed by atoms with E-state index in [1.807, 2.05) is 19.1 Å². The smallest absolute Gasteiger partial charge is 0.271 e. The third-order valence-electron chi connectivity index (χ3n) is 3.25. The van der Waals surface area contributed by atoms with Gasteiger partial charge in [-0.2, -0.15) is 5.10 Å². The van der Waals surface area contributed by atoms with Crippen LogP contribution in [0.5, 0.6) is 11.5 Å². The molecule has 0 saturated heterocycles. The molecule has 2 aromatic rings. The fourth-order valence-electron chi connectivity index (χ4n) is 2.09. The zero-order chi connectivity index (χ0) is 15.4. The Bertz CT molecular complexity index is 667. The summed E-state index contributed by atoms with van der Waals surface area (Å²) in [4.78, 5) is 12.0. The van der Waals surface area contributed by atoms with Gasteiger partial charge in [-0.1, -0.05) is 0 Å². The summed E-state index contributed by atoms with van der Waals surface area (Å²) in [5.74, 6) is 1.25. The summed E-state index contributed by atoms with van der Waals surface area (Å²) in [6.45, 7) is 2.54. The van der Waals surface area contributed by atoms with Crippen molar-refractivity contribution in [2.75, 3.05) is 14.2 Å². The molecule has 2 rings (SSSR count). The third-order valence-corrected chi connectivity index (χ3v) is 3.25. The Balaban J connectivity index is 2.58. The highest BCUT2D eigenvalue weighted by Gasteiger charge is 2.11. The van der Waals surface area contributed by atoms with E-state index in [0.29, 0.717) is 29.3 Å². The van der Waals surface area contributed by atoms with Gasteiger partial charge in [-0.3, -0.25) is 4.79 Å². The van der Waals surface area contributed by atoms with Gasteiger partial charge in [0.15, 0.2) is 11.5 Å². The van der Waals surface area contributed by atoms with Gasteiger partial charge in [-0.25, -0.2) is 4.68 Å². The predicted octanol–water partition coefficient (Wildman–Crippen LogP) is 1.41. The number of ether oxygens (including phenoxy) is 2. The van der Waals surface area contributed by atoms with Crippen molar-refractivity contribution in [3.05, 3.63) is 40.2 Å². The van der Waals surface area contributed by atoms with Crippen LogP contribution in [0.1, 0.15) is 12.5 Å². The molecule has 0 spiro atoms. The van der Waals surface area contributed by atoms with Crippen LogP contribution in [0.25, 0.3) is 11.3 Å². The lowest BCUT2D eigenvalue weighted by molar-refractivity contribution is 0.355. The van der Waals surface area contributed by atoms with Crippen LogP contribution < -0.4 is 20.8 Å². The third kappa shape index (κ3) is 2.90. The number of nitrogens with zero attached hydrogens (tertiary/aromatic N) is 2. The predicted molar refractivity (Wildman–Crippen MR) is 80.6 cm³/mol. The van der Waals surface area contributed by atoms with Gasteiger partial charge in [0.2, 0.25) is 0 Å². The summed E-state index contributed by atoms with van der Waals surface area (Å²) in [6, 6.07) is 7.22. The number of hydrogen-bond acceptors (Lipinski definition) is 5. The zero-order valence-electron chi connectivity index (χ0n) is 12.4. The van der Waals surface area contributed by atoms with Crippen LogP contribution in [0.2, 0.25) is 0 Å². The van der Waals surface area contributed by atoms with Gasteiger partial charge in [-0.05, 0) is 31.2 Å². The van der Waals surface area contributed by atoms with Gasteiger partial charge in [0.25, 0.3) is 5.56 Å². The summed E-state index contributed by atoms with van der Waals surface area (Å²) < 4.78 is 11.9. The van der Waals surface area contributed by atoms with Gasteiger partial charge in [-0.15, -0.1) is 0 Å². The second-order valence-corrected chi connectivity index (χ2v) is 4.45. The second-order valence-electron chi connectivity index (χ2n) is 4.45. The number of aromatic nitrogens is 2. The number of benzene rings is 1. The largest absolute Gasteiger partial charge is 0.493 e. The van der Waals surface area contributed by atoms with E-state index >= 15 is 0 Å². The summed E-state index contributed by atoms with van der Waals surface area (Å²) >= 11 is 0. The first-order valence-corrected chi connectivity index (χ1v) is 6.68. The van der Waals surface area contributed by atoms with Crippen molar-refractivity contribution in [2.24, 2.45) is 5.73 Å². The van der Waals surface area contributed by atoms with Crippen LogP contribution in [0.3, 0.4) is 0 Å². The molecule has 0 atom stereocenters. The molecule has 6 nitrogen and oxygen atoms in total. The lowest BCUT2D eigenvalue weighted by Crippen LogP contribution is -2.27. The van der Waals surface area contributed by atoms with E-state index in [1.54, 1.807) is 26.4 Å². The van der Waals surface area contributed by atoms with Crippen molar-refractivity contribution in [2.45, 2.75) is 20.0 Å². The SMILES string of the molecule is CCn1nc(-c2ccc(OC)c(OC)c2)cc(CN)c1=O. The van der Waals surface area contributed by atoms with E-state index < -0.39 is 0 Å². The average Bonchev–Trinajstić information content (AvgIpc) is 2.54. The average molecular weight is 289 g/mol. The second kappa shape index (κ2) is 6.41. The molecule has 1 aromatic heterocycles. The molecule has 0 unspecified atom stereocenters. The topological polar surface area (TPSA) is 79.4 Å². The first-order valence-electron chi connectivity index (χ1n) is 6.68. The highest BCUT2D eigenvalue weighted by Crippen LogP contribution is 2.31. The molecule has 0 saturated carbocycles. The maximum Gasteiger partial charge on any atom is 0.271 e. The normalized spacial score (nSPS) is 10.5. The molecule has 6 heteroatoms. The summed E-state index contributed by atoms with van der Waals surface area (Å²) in [5.41, 5.74) is 7.54. The monoisotopic (exact) mass is 289 g/mol. The molecule has 112 valence electrons. The molecule has 1 aromatic carbocycles. The van der Waals surface area contributed by atoms with E-state index in [9.17, 15) is 4.79 Å². The standard InChI is InChI=1S/C15H19N3O3/c1-4-18-15(19)11(9-16)7-12(17-18)10-5-6-13(20-2)14(8-10)21-3/h5-8H,4,9,16H2,1-3H3. The molecule has 0 bridgehead atoms. The van der Waals surface area contributed by atoms with Crippen molar-refractivity contribution in [1.82, 2.24) is 9.78 Å². The summed E-state index contributed by atoms with van der Waals surface area (Å²) in [6.07, 6.45) is 0. The van der Waals surface area contributed by atoms with E-state index in [1.165, 1.54) is 4.68 Å². The summed E-state index contributed by atoms with van der Waals surface area (Å²) in [7, 11) is 3.16. The highest BCUT2D eigenvalue weighted by molar-refractivity contribution is 5.64. The number of rotatable bonds is 5. The first-order chi connectivity index (χ1) is 10.1. The molecule has 0 aliphatic carbocycles. The number of aryl methyl sites for hydroxylation is 1. The molecule has 2 N–H and O–H groups in total. The van der Waals surface area contributed by atoms with E-state index in [0.717, 1.165) is 5.56 Å². The quantitative estimate of drug-likeness (QED) is 0.900. The molecule has 0 aliphatic heterocycles. The van der Waals surface area contributed by atoms with Crippen molar-refractivity contribution < 1.29 is 9.47 Å². The zero-order valence-corrected chi connectivity index (χ0v) is 12.4. The molecule has 0 aliphatic rings. The minimum atomic E-state index is -0.149. The highest BCUT2D eigenvalue weighted by atomic mass is 16.5. The van der Waals surface area contributed by atoms with Gasteiger partial charge in [0.1, 0.15) is 0 Å². The number of hydrogen-bond donors (Lipinski definition) is 1. The minimum absolute atomic E-state index is 0.149.